The van der Waals surface area contributed by atoms with E-state index in [9.17, 15) is 0 Å². The summed E-state index contributed by atoms with van der Waals surface area (Å²) < 4.78 is 0. The Bertz CT molecular complexity index is 675. The van der Waals surface area contributed by atoms with Crippen molar-refractivity contribution in [2.24, 2.45) is 10.7 Å². The molecule has 1 aliphatic carbocycles. The molecular formula is C18H20ClN3. The number of nitrogens with two attached hydrogens (primary N) is 1. The predicted molar refractivity (Wildman–Crippen MR) is 93.0 cm³/mol. The molecular weight excluding hydrogens is 294 g/mol. The molecule has 1 fully saturated rings. The Morgan fingerprint density at radius 1 is 1.18 bits per heavy atom. The van der Waals surface area contributed by atoms with Crippen LogP contribution in [0.1, 0.15) is 18.4 Å². The van der Waals surface area contributed by atoms with E-state index in [4.69, 9.17) is 17.3 Å². The molecule has 0 atom stereocenters. The highest BCUT2D eigenvalue weighted by Crippen LogP contribution is 2.27. The summed E-state index contributed by atoms with van der Waals surface area (Å²) in [6.45, 7) is 0.585. The fourth-order valence-electron chi connectivity index (χ4n) is 2.50. The quantitative estimate of drug-likeness (QED) is 0.686. The number of rotatable bonds is 4. The molecule has 0 aliphatic heterocycles. The second-order valence-electron chi connectivity index (χ2n) is 5.68. The first-order chi connectivity index (χ1) is 10.6. The van der Waals surface area contributed by atoms with E-state index < -0.39 is 0 Å². The van der Waals surface area contributed by atoms with Crippen molar-refractivity contribution in [3.8, 4) is 11.1 Å². The first kappa shape index (κ1) is 14.9. The molecule has 3 rings (SSSR count). The van der Waals surface area contributed by atoms with Crippen molar-refractivity contribution in [1.82, 2.24) is 4.90 Å². The molecule has 2 N–H and O–H groups in total. The maximum Gasteiger partial charge on any atom is 0.191 e. The highest BCUT2D eigenvalue weighted by atomic mass is 35.5. The lowest BCUT2D eigenvalue weighted by Crippen LogP contribution is -2.35. The third-order valence-electron chi connectivity index (χ3n) is 4.04. The van der Waals surface area contributed by atoms with E-state index in [0.29, 0.717) is 18.5 Å². The molecule has 0 amide bonds. The fourth-order valence-corrected chi connectivity index (χ4v) is 2.62. The summed E-state index contributed by atoms with van der Waals surface area (Å²) in [4.78, 5) is 6.63. The minimum atomic E-state index is 0.579. The molecule has 2 aromatic rings. The van der Waals surface area contributed by atoms with Crippen LogP contribution in [0.25, 0.3) is 11.1 Å². The lowest BCUT2D eigenvalue weighted by atomic mass is 10.00. The Labute approximate surface area is 136 Å². The van der Waals surface area contributed by atoms with Gasteiger partial charge in [0.2, 0.25) is 0 Å². The standard InChI is InChI=1S/C18H20ClN3/c1-22(16-10-11-16)18(20)21-12-14-4-2-3-5-17(14)13-6-8-15(19)9-7-13/h2-9,16H,10-12H2,1H3,(H2,20,21). The number of hydrogen-bond acceptors (Lipinski definition) is 1. The molecule has 22 heavy (non-hydrogen) atoms. The molecule has 1 aliphatic rings. The van der Waals surface area contributed by atoms with Crippen LogP contribution < -0.4 is 5.73 Å². The molecule has 2 aromatic carbocycles. The van der Waals surface area contributed by atoms with Crippen molar-refractivity contribution in [2.75, 3.05) is 7.05 Å². The number of benzene rings is 2. The Hall–Kier alpha value is -2.00. The second kappa shape index (κ2) is 6.41. The maximum atomic E-state index is 6.07. The van der Waals surface area contributed by atoms with Gasteiger partial charge in [0.05, 0.1) is 6.54 Å². The Balaban J connectivity index is 1.82. The molecule has 4 heteroatoms. The zero-order valence-corrected chi connectivity index (χ0v) is 13.4. The van der Waals surface area contributed by atoms with Crippen LogP contribution in [0.5, 0.6) is 0 Å². The van der Waals surface area contributed by atoms with Crippen LogP contribution in [-0.2, 0) is 6.54 Å². The van der Waals surface area contributed by atoms with Gasteiger partial charge >= 0.3 is 0 Å². The van der Waals surface area contributed by atoms with E-state index in [-0.39, 0.29) is 0 Å². The summed E-state index contributed by atoms with van der Waals surface area (Å²) in [6.07, 6.45) is 2.43. The van der Waals surface area contributed by atoms with E-state index in [1.807, 2.05) is 43.4 Å². The van der Waals surface area contributed by atoms with Gasteiger partial charge in [-0.2, -0.15) is 0 Å². The van der Waals surface area contributed by atoms with Gasteiger partial charge in [-0.1, -0.05) is 48.0 Å². The van der Waals surface area contributed by atoms with Gasteiger partial charge in [-0.15, -0.1) is 0 Å². The topological polar surface area (TPSA) is 41.6 Å². The average molecular weight is 314 g/mol. The number of halogens is 1. The van der Waals surface area contributed by atoms with Crippen LogP contribution in [0, 0.1) is 0 Å². The molecule has 1 saturated carbocycles. The molecule has 0 aromatic heterocycles. The van der Waals surface area contributed by atoms with E-state index in [1.54, 1.807) is 0 Å². The summed E-state index contributed by atoms with van der Waals surface area (Å²) >= 11 is 5.97. The van der Waals surface area contributed by atoms with Gasteiger partial charge in [0.25, 0.3) is 0 Å². The molecule has 114 valence electrons. The summed E-state index contributed by atoms with van der Waals surface area (Å²) in [5.41, 5.74) is 9.55. The average Bonchev–Trinajstić information content (AvgIpc) is 3.38. The van der Waals surface area contributed by atoms with Crippen molar-refractivity contribution in [2.45, 2.75) is 25.4 Å². The third kappa shape index (κ3) is 3.42. The molecule has 0 bridgehead atoms. The smallest absolute Gasteiger partial charge is 0.191 e. The normalized spacial score (nSPS) is 14.9. The lowest BCUT2D eigenvalue weighted by molar-refractivity contribution is 0.487. The van der Waals surface area contributed by atoms with E-state index >= 15 is 0 Å². The molecule has 0 saturated heterocycles. The van der Waals surface area contributed by atoms with E-state index in [2.05, 4.69) is 22.0 Å². The van der Waals surface area contributed by atoms with Gasteiger partial charge in [0, 0.05) is 18.1 Å². The largest absolute Gasteiger partial charge is 0.370 e. The summed E-state index contributed by atoms with van der Waals surface area (Å²) in [5, 5.41) is 0.745. The second-order valence-corrected chi connectivity index (χ2v) is 6.12. The van der Waals surface area contributed by atoms with Crippen molar-refractivity contribution in [1.29, 1.82) is 0 Å². The molecule has 0 radical (unpaired) electrons. The lowest BCUT2D eigenvalue weighted by Gasteiger charge is -2.17. The van der Waals surface area contributed by atoms with Crippen molar-refractivity contribution >= 4 is 17.6 Å². The first-order valence-corrected chi connectivity index (χ1v) is 7.89. The van der Waals surface area contributed by atoms with Crippen LogP contribution in [0.4, 0.5) is 0 Å². The highest BCUT2D eigenvalue weighted by Gasteiger charge is 2.27. The first-order valence-electron chi connectivity index (χ1n) is 7.52. The van der Waals surface area contributed by atoms with Crippen molar-refractivity contribution < 1.29 is 0 Å². The van der Waals surface area contributed by atoms with Crippen LogP contribution >= 0.6 is 11.6 Å². The summed E-state index contributed by atoms with van der Waals surface area (Å²) in [5.74, 6) is 0.619. The van der Waals surface area contributed by atoms with Crippen LogP contribution in [0.3, 0.4) is 0 Å². The third-order valence-corrected chi connectivity index (χ3v) is 4.29. The van der Waals surface area contributed by atoms with Crippen LogP contribution in [0.2, 0.25) is 5.02 Å². The Kier molecular flexibility index (Phi) is 4.34. The van der Waals surface area contributed by atoms with E-state index in [1.165, 1.54) is 18.4 Å². The zero-order chi connectivity index (χ0) is 15.5. The van der Waals surface area contributed by atoms with Crippen molar-refractivity contribution in [3.05, 3.63) is 59.1 Å². The van der Waals surface area contributed by atoms with E-state index in [0.717, 1.165) is 16.1 Å². The molecule has 0 spiro atoms. The van der Waals surface area contributed by atoms with Gasteiger partial charge in [-0.25, -0.2) is 4.99 Å². The molecule has 3 nitrogen and oxygen atoms in total. The maximum absolute atomic E-state index is 6.07. The van der Waals surface area contributed by atoms with Gasteiger partial charge in [-0.05, 0) is 41.7 Å². The zero-order valence-electron chi connectivity index (χ0n) is 12.7. The van der Waals surface area contributed by atoms with Crippen LogP contribution in [0.15, 0.2) is 53.5 Å². The Morgan fingerprint density at radius 3 is 2.55 bits per heavy atom. The monoisotopic (exact) mass is 313 g/mol. The van der Waals surface area contributed by atoms with Gasteiger partial charge in [-0.3, -0.25) is 0 Å². The predicted octanol–water partition coefficient (Wildman–Crippen LogP) is 3.92. The highest BCUT2D eigenvalue weighted by molar-refractivity contribution is 6.30. The van der Waals surface area contributed by atoms with Gasteiger partial charge < -0.3 is 10.6 Å². The number of hydrogen-bond donors (Lipinski definition) is 1. The number of nitrogens with zero attached hydrogens (tertiary/aromatic N) is 2. The SMILES string of the molecule is CN(C(N)=NCc1ccccc1-c1ccc(Cl)cc1)C1CC1. The minimum Gasteiger partial charge on any atom is -0.370 e. The number of aliphatic imine (C=N–C) groups is 1. The number of guanidine groups is 1. The molecule has 0 unspecified atom stereocenters. The molecule has 0 heterocycles. The Morgan fingerprint density at radius 2 is 1.86 bits per heavy atom. The summed E-state index contributed by atoms with van der Waals surface area (Å²) in [7, 11) is 2.02. The summed E-state index contributed by atoms with van der Waals surface area (Å²) in [6, 6.07) is 16.7. The fraction of sp³-hybridized carbons (Fsp3) is 0.278. The van der Waals surface area contributed by atoms with Gasteiger partial charge in [0.1, 0.15) is 0 Å². The van der Waals surface area contributed by atoms with Crippen LogP contribution in [-0.4, -0.2) is 23.9 Å². The van der Waals surface area contributed by atoms with Gasteiger partial charge in [0.15, 0.2) is 5.96 Å². The van der Waals surface area contributed by atoms with Crippen molar-refractivity contribution in [3.63, 3.8) is 0 Å². The minimum absolute atomic E-state index is 0.579.